The fourth-order valence-corrected chi connectivity index (χ4v) is 1.77. The van der Waals surface area contributed by atoms with Crippen LogP contribution < -0.4 is 0 Å². The van der Waals surface area contributed by atoms with E-state index in [1.807, 2.05) is 12.2 Å². The summed E-state index contributed by atoms with van der Waals surface area (Å²) in [4.78, 5) is 2.48. The first kappa shape index (κ1) is 13.4. The highest BCUT2D eigenvalue weighted by molar-refractivity contribution is 5.72. The van der Waals surface area contributed by atoms with Gasteiger partial charge in [0.2, 0.25) is 0 Å². The van der Waals surface area contributed by atoms with Crippen molar-refractivity contribution in [3.63, 3.8) is 0 Å². The maximum atomic E-state index is 9.57. The lowest BCUT2D eigenvalue weighted by Crippen LogP contribution is -1.76. The largest absolute Gasteiger partial charge is 0.494 e. The van der Waals surface area contributed by atoms with Gasteiger partial charge in [0.25, 0.3) is 0 Å². The third-order valence-corrected chi connectivity index (χ3v) is 2.75. The highest BCUT2D eigenvalue weighted by Gasteiger charge is 2.10. The molecule has 0 aliphatic rings. The number of rotatable bonds is 7. The van der Waals surface area contributed by atoms with E-state index in [0.717, 1.165) is 12.8 Å². The smallest absolute Gasteiger partial charge is 0.199 e. The fraction of sp³-hybridized carbons (Fsp3) is 0.429. The predicted molar refractivity (Wildman–Crippen MR) is 72.0 cm³/mol. The topological polar surface area (TPSA) is 56.2 Å². The summed E-state index contributed by atoms with van der Waals surface area (Å²) in [6.45, 7) is 5.80. The number of aromatic hydroxyl groups is 2. The number of hydrogen-bond donors (Lipinski definition) is 3. The molecule has 3 N–H and O–H groups in total. The second-order valence-electron chi connectivity index (χ2n) is 4.11. The van der Waals surface area contributed by atoms with Crippen LogP contribution >= 0.6 is 0 Å². The van der Waals surface area contributed by atoms with Gasteiger partial charge in [-0.15, -0.1) is 0 Å². The second-order valence-corrected chi connectivity index (χ2v) is 4.11. The van der Waals surface area contributed by atoms with Crippen LogP contribution in [0.3, 0.4) is 0 Å². The van der Waals surface area contributed by atoms with Crippen LogP contribution in [0.5, 0.6) is 11.8 Å². The Kier molecular flexibility index (Phi) is 5.40. The van der Waals surface area contributed by atoms with Crippen molar-refractivity contribution < 1.29 is 10.2 Å². The summed E-state index contributed by atoms with van der Waals surface area (Å²) < 4.78 is 0. The van der Waals surface area contributed by atoms with Gasteiger partial charge in [-0.2, -0.15) is 0 Å². The summed E-state index contributed by atoms with van der Waals surface area (Å²) in [5, 5.41) is 19.0. The normalized spacial score (nSPS) is 11.1. The molecule has 0 atom stereocenters. The van der Waals surface area contributed by atoms with Gasteiger partial charge in [0, 0.05) is 11.1 Å². The highest BCUT2D eigenvalue weighted by Crippen LogP contribution is 2.31. The molecule has 17 heavy (non-hydrogen) atoms. The fourth-order valence-electron chi connectivity index (χ4n) is 1.77. The minimum Gasteiger partial charge on any atom is -0.494 e. The lowest BCUT2D eigenvalue weighted by Gasteiger charge is -1.95. The van der Waals surface area contributed by atoms with E-state index in [2.05, 4.69) is 18.5 Å². The highest BCUT2D eigenvalue weighted by atomic mass is 16.3. The lowest BCUT2D eigenvalue weighted by atomic mass is 10.1. The molecule has 94 valence electrons. The summed E-state index contributed by atoms with van der Waals surface area (Å²) in [5.41, 5.74) is 1.15. The van der Waals surface area contributed by atoms with Gasteiger partial charge in [-0.3, -0.25) is 4.98 Å². The zero-order chi connectivity index (χ0) is 12.7. The molecule has 3 heteroatoms. The Hall–Kier alpha value is -1.64. The molecule has 0 bridgehead atoms. The summed E-state index contributed by atoms with van der Waals surface area (Å²) in [5.74, 6) is -0.0506. The van der Waals surface area contributed by atoms with Crippen molar-refractivity contribution >= 4 is 12.2 Å². The minimum atomic E-state index is -0.0388. The van der Waals surface area contributed by atoms with Crippen molar-refractivity contribution in [2.45, 2.75) is 39.0 Å². The Bertz CT molecular complexity index is 391. The van der Waals surface area contributed by atoms with Crippen LogP contribution in [0, 0.1) is 0 Å². The molecule has 0 unspecified atom stereocenters. The molecule has 0 aliphatic carbocycles. The van der Waals surface area contributed by atoms with Crippen molar-refractivity contribution in [1.82, 2.24) is 4.98 Å². The molecule has 0 saturated carbocycles. The average molecular weight is 235 g/mol. The Morgan fingerprint density at radius 1 is 1.12 bits per heavy atom. The maximum absolute atomic E-state index is 9.57. The molecule has 3 nitrogen and oxygen atoms in total. The van der Waals surface area contributed by atoms with E-state index in [1.165, 1.54) is 25.3 Å². The molecule has 0 amide bonds. The quantitative estimate of drug-likeness (QED) is 0.624. The number of nitrogens with one attached hydrogen (secondary N) is 1. The minimum absolute atomic E-state index is 0.0118. The number of H-pyrrole nitrogens is 1. The van der Waals surface area contributed by atoms with Crippen molar-refractivity contribution in [1.29, 1.82) is 0 Å². The first-order valence-corrected chi connectivity index (χ1v) is 6.13. The van der Waals surface area contributed by atoms with Crippen molar-refractivity contribution in [3.05, 3.63) is 23.8 Å². The molecule has 0 radical (unpaired) electrons. The van der Waals surface area contributed by atoms with Gasteiger partial charge in [-0.25, -0.2) is 0 Å². The number of hydrogen-bond acceptors (Lipinski definition) is 2. The molecule has 0 spiro atoms. The zero-order valence-electron chi connectivity index (χ0n) is 10.4. The van der Waals surface area contributed by atoms with Crippen LogP contribution in [0.15, 0.2) is 12.7 Å². The standard InChI is InChI=1S/C14H21NO2/c1-3-5-6-7-8-9-10-12-11(4-2)13(16)15-14(12)17/h4,9-10,15-17H,2-3,5-8H2,1H3. The Balaban J connectivity index is 2.56. The van der Waals surface area contributed by atoms with Gasteiger partial charge in [0.05, 0.1) is 0 Å². The van der Waals surface area contributed by atoms with Gasteiger partial charge < -0.3 is 10.2 Å². The number of aromatic nitrogens is 1. The van der Waals surface area contributed by atoms with Crippen molar-refractivity contribution in [3.8, 4) is 11.8 Å². The van der Waals surface area contributed by atoms with E-state index in [9.17, 15) is 10.2 Å². The summed E-state index contributed by atoms with van der Waals surface area (Å²) in [7, 11) is 0. The van der Waals surface area contributed by atoms with Crippen LogP contribution in [0.1, 0.15) is 50.2 Å². The summed E-state index contributed by atoms with van der Waals surface area (Å²) >= 11 is 0. The van der Waals surface area contributed by atoms with Gasteiger partial charge in [-0.1, -0.05) is 51.0 Å². The van der Waals surface area contributed by atoms with Crippen LogP contribution in [0.4, 0.5) is 0 Å². The Labute approximate surface area is 102 Å². The number of allylic oxidation sites excluding steroid dienone is 1. The molecular weight excluding hydrogens is 214 g/mol. The molecule has 0 aromatic carbocycles. The van der Waals surface area contributed by atoms with Crippen LogP contribution in [-0.2, 0) is 0 Å². The first-order valence-electron chi connectivity index (χ1n) is 6.13. The molecule has 0 fully saturated rings. The average Bonchev–Trinajstić information content (AvgIpc) is 2.58. The first-order chi connectivity index (χ1) is 8.20. The van der Waals surface area contributed by atoms with Crippen LogP contribution in [0.2, 0.25) is 0 Å². The molecule has 1 heterocycles. The van der Waals surface area contributed by atoms with E-state index in [4.69, 9.17) is 0 Å². The van der Waals surface area contributed by atoms with Gasteiger partial charge in [0.15, 0.2) is 11.8 Å². The van der Waals surface area contributed by atoms with E-state index < -0.39 is 0 Å². The summed E-state index contributed by atoms with van der Waals surface area (Å²) in [6, 6.07) is 0. The second kappa shape index (κ2) is 6.84. The van der Waals surface area contributed by atoms with Crippen molar-refractivity contribution in [2.75, 3.05) is 0 Å². The van der Waals surface area contributed by atoms with E-state index in [-0.39, 0.29) is 11.8 Å². The molecule has 0 aliphatic heterocycles. The van der Waals surface area contributed by atoms with Gasteiger partial charge >= 0.3 is 0 Å². The van der Waals surface area contributed by atoms with Crippen LogP contribution in [-0.4, -0.2) is 15.2 Å². The lowest BCUT2D eigenvalue weighted by molar-refractivity contribution is 0.424. The Morgan fingerprint density at radius 3 is 2.47 bits per heavy atom. The Morgan fingerprint density at radius 2 is 1.82 bits per heavy atom. The number of unbranched alkanes of at least 4 members (excludes halogenated alkanes) is 4. The SMILES string of the molecule is C=Cc1c(O)[nH]c(O)c1C=CCCCCCC. The molecular formula is C14H21NO2. The van der Waals surface area contributed by atoms with Crippen molar-refractivity contribution in [2.24, 2.45) is 0 Å². The third kappa shape index (κ3) is 3.70. The molecule has 1 aromatic rings. The molecule has 0 saturated heterocycles. The maximum Gasteiger partial charge on any atom is 0.199 e. The predicted octanol–water partition coefficient (Wildman–Crippen LogP) is 4.05. The van der Waals surface area contributed by atoms with Gasteiger partial charge in [0.1, 0.15) is 0 Å². The zero-order valence-corrected chi connectivity index (χ0v) is 10.4. The van der Waals surface area contributed by atoms with E-state index >= 15 is 0 Å². The van der Waals surface area contributed by atoms with E-state index in [1.54, 1.807) is 0 Å². The summed E-state index contributed by atoms with van der Waals surface area (Å²) in [6.07, 6.45) is 11.3. The van der Waals surface area contributed by atoms with Gasteiger partial charge in [-0.05, 0) is 12.8 Å². The molecule has 1 aromatic heterocycles. The third-order valence-electron chi connectivity index (χ3n) is 2.75. The van der Waals surface area contributed by atoms with Crippen LogP contribution in [0.25, 0.3) is 12.2 Å². The number of aromatic amines is 1. The monoisotopic (exact) mass is 235 g/mol. The molecule has 1 rings (SSSR count). The van der Waals surface area contributed by atoms with E-state index in [0.29, 0.717) is 11.1 Å².